The Morgan fingerprint density at radius 1 is 0.415 bits per heavy atom. The van der Waals surface area contributed by atoms with Crippen molar-refractivity contribution in [3.63, 3.8) is 0 Å². The third-order valence-electron chi connectivity index (χ3n) is 17.3. The van der Waals surface area contributed by atoms with Crippen molar-refractivity contribution in [3.8, 4) is 56.0 Å². The zero-order valence-corrected chi connectivity index (χ0v) is 49.7. The van der Waals surface area contributed by atoms with Crippen molar-refractivity contribution in [1.82, 2.24) is 0 Å². The van der Waals surface area contributed by atoms with E-state index >= 15 is 0 Å². The molecule has 3 aliphatic heterocycles. The Bertz CT molecular complexity index is 4250. The first-order chi connectivity index (χ1) is 39.4. The van der Waals surface area contributed by atoms with Gasteiger partial charge in [0.25, 0.3) is 6.71 Å². The maximum absolute atomic E-state index is 6.98. The molecule has 0 saturated carbocycles. The molecule has 10 aromatic carbocycles. The second kappa shape index (κ2) is 19.4. The standard InChI is InChI=1S/C76H69BN2O2S/c1-47-39-66-71-67(40-47)79(72-59(50-17-12-11-13-18-50)33-36-68-73(72)81-38-16-37-80-68)65-35-31-57(76(8,9)10)46-63(65)77(71)62-44-51(52-25-32-61-60-19-14-15-20-69(60)82-70(61)45-52)26-34-64(62)78(66)58-42-53(48-21-27-55(28-22-48)74(2,3)4)41-54(43-58)49-23-29-56(30-24-49)75(5,6)7/h11-15,17-36,39-46H,16,37-38H2,1-10H3. The molecule has 0 radical (unpaired) electrons. The van der Waals surface area contributed by atoms with Gasteiger partial charge < -0.3 is 19.3 Å². The van der Waals surface area contributed by atoms with E-state index in [2.05, 4.69) is 279 Å². The van der Waals surface area contributed by atoms with Gasteiger partial charge >= 0.3 is 0 Å². The lowest BCUT2D eigenvalue weighted by molar-refractivity contribution is 0.297. The minimum atomic E-state index is -0.129. The van der Waals surface area contributed by atoms with E-state index in [4.69, 9.17) is 9.47 Å². The largest absolute Gasteiger partial charge is 0.489 e. The number of nitrogens with zero attached hydrogens (tertiary/aromatic N) is 2. The second-order valence-electron chi connectivity index (χ2n) is 26.1. The zero-order valence-electron chi connectivity index (χ0n) is 48.9. The van der Waals surface area contributed by atoms with Crippen molar-refractivity contribution >= 4 is 88.7 Å². The van der Waals surface area contributed by atoms with Crippen LogP contribution in [0.4, 0.5) is 34.1 Å². The van der Waals surface area contributed by atoms with E-state index < -0.39 is 0 Å². The van der Waals surface area contributed by atoms with Gasteiger partial charge in [-0.25, -0.2) is 0 Å². The van der Waals surface area contributed by atoms with Gasteiger partial charge in [0.15, 0.2) is 11.5 Å². The molecule has 0 amide bonds. The Morgan fingerprint density at radius 3 is 1.65 bits per heavy atom. The molecule has 0 atom stereocenters. The average Bonchev–Trinajstić information content (AvgIpc) is 2.76. The number of hydrogen-bond donors (Lipinski definition) is 0. The van der Waals surface area contributed by atoms with E-state index in [-0.39, 0.29) is 23.0 Å². The molecule has 11 aromatic rings. The van der Waals surface area contributed by atoms with Crippen LogP contribution in [0.1, 0.15) is 91.0 Å². The van der Waals surface area contributed by atoms with Crippen LogP contribution in [0, 0.1) is 6.92 Å². The molecule has 0 N–H and O–H groups in total. The summed E-state index contributed by atoms with van der Waals surface area (Å²) in [5, 5.41) is 2.62. The summed E-state index contributed by atoms with van der Waals surface area (Å²) < 4.78 is 16.2. The second-order valence-corrected chi connectivity index (χ2v) is 27.1. The number of rotatable bonds is 6. The van der Waals surface area contributed by atoms with Gasteiger partial charge in [0.1, 0.15) is 5.69 Å². The van der Waals surface area contributed by atoms with Gasteiger partial charge in [-0.1, -0.05) is 196 Å². The molecule has 4 heterocycles. The van der Waals surface area contributed by atoms with Crippen LogP contribution in [-0.2, 0) is 16.2 Å². The third-order valence-corrected chi connectivity index (χ3v) is 18.5. The number of benzene rings is 10. The molecule has 0 spiro atoms. The Labute approximate surface area is 488 Å². The van der Waals surface area contributed by atoms with Crippen LogP contribution in [0.15, 0.2) is 200 Å². The fourth-order valence-corrected chi connectivity index (χ4v) is 14.1. The molecule has 6 heteroatoms. The Balaban J connectivity index is 1.07. The number of thiophene rings is 1. The molecular formula is C76H69BN2O2S. The van der Waals surface area contributed by atoms with E-state index in [9.17, 15) is 0 Å². The molecule has 82 heavy (non-hydrogen) atoms. The maximum atomic E-state index is 6.98. The quantitative estimate of drug-likeness (QED) is 0.155. The lowest BCUT2D eigenvalue weighted by Crippen LogP contribution is -2.61. The third kappa shape index (κ3) is 8.89. The SMILES string of the molecule is Cc1cc2c3c(c1)N(c1c(-c4ccccc4)ccc4c1OCCCO4)c1ccc(C(C)(C)C)cc1B3c1cc(-c3ccc4c(c3)sc3ccccc34)ccc1N2c1cc(-c2ccc(C(C)(C)C)cc2)cc(-c2ccc(C(C)(C)C)cc2)c1. The van der Waals surface area contributed by atoms with Gasteiger partial charge in [0.2, 0.25) is 0 Å². The van der Waals surface area contributed by atoms with Crippen LogP contribution in [0.5, 0.6) is 11.5 Å². The summed E-state index contributed by atoms with van der Waals surface area (Å²) in [6.45, 7) is 24.1. The van der Waals surface area contributed by atoms with Crippen LogP contribution in [0.25, 0.3) is 64.7 Å². The minimum Gasteiger partial charge on any atom is -0.489 e. The molecule has 1 aromatic heterocycles. The summed E-state index contributed by atoms with van der Waals surface area (Å²) >= 11 is 1.88. The van der Waals surface area contributed by atoms with Crippen LogP contribution in [-0.4, -0.2) is 19.9 Å². The van der Waals surface area contributed by atoms with Crippen molar-refractivity contribution in [2.75, 3.05) is 23.0 Å². The highest BCUT2D eigenvalue weighted by Gasteiger charge is 2.45. The molecule has 3 aliphatic rings. The number of ether oxygens (including phenoxy) is 2. The lowest BCUT2D eigenvalue weighted by atomic mass is 9.33. The smallest absolute Gasteiger partial charge is 0.252 e. The summed E-state index contributed by atoms with van der Waals surface area (Å²) in [7, 11) is 0. The van der Waals surface area contributed by atoms with E-state index in [1.807, 2.05) is 11.3 Å². The predicted molar refractivity (Wildman–Crippen MR) is 352 cm³/mol. The highest BCUT2D eigenvalue weighted by atomic mass is 32.1. The number of fused-ring (bicyclic) bond motifs is 8. The lowest BCUT2D eigenvalue weighted by Gasteiger charge is -2.45. The Hall–Kier alpha value is -8.32. The fourth-order valence-electron chi connectivity index (χ4n) is 12.9. The molecule has 0 bridgehead atoms. The van der Waals surface area contributed by atoms with Crippen LogP contribution in [0.3, 0.4) is 0 Å². The molecular weight excluding hydrogens is 1020 g/mol. The fraction of sp³-hybridized carbons (Fsp3) is 0.211. The first kappa shape index (κ1) is 51.8. The molecule has 0 unspecified atom stereocenters. The van der Waals surface area contributed by atoms with Crippen molar-refractivity contribution in [2.24, 2.45) is 0 Å². The summed E-state index contributed by atoms with van der Waals surface area (Å²) in [5.74, 6) is 1.55. The highest BCUT2D eigenvalue weighted by Crippen LogP contribution is 2.54. The predicted octanol–water partition coefficient (Wildman–Crippen LogP) is 19.2. The minimum absolute atomic E-state index is 0.0283. The van der Waals surface area contributed by atoms with Crippen LogP contribution >= 0.6 is 11.3 Å². The zero-order chi connectivity index (χ0) is 56.4. The van der Waals surface area contributed by atoms with Gasteiger partial charge in [0.05, 0.1) is 13.2 Å². The van der Waals surface area contributed by atoms with Crippen molar-refractivity contribution in [2.45, 2.75) is 91.9 Å². The van der Waals surface area contributed by atoms with E-state index in [0.717, 1.165) is 51.8 Å². The summed E-state index contributed by atoms with van der Waals surface area (Å²) in [5.41, 5.74) is 24.9. The maximum Gasteiger partial charge on any atom is 0.252 e. The van der Waals surface area contributed by atoms with Gasteiger partial charge in [-0.2, -0.15) is 0 Å². The summed E-state index contributed by atoms with van der Waals surface area (Å²) in [6.07, 6.45) is 0.800. The molecule has 0 fully saturated rings. The van der Waals surface area contributed by atoms with Crippen molar-refractivity contribution < 1.29 is 9.47 Å². The van der Waals surface area contributed by atoms with Gasteiger partial charge in [-0.3, -0.25) is 0 Å². The number of aryl methyl sites for hydroxylation is 1. The normalized spacial score (nSPS) is 14.0. The summed E-state index contributed by atoms with van der Waals surface area (Å²) in [6, 6.07) is 76.3. The number of anilines is 6. The van der Waals surface area contributed by atoms with Gasteiger partial charge in [-0.15, -0.1) is 11.3 Å². The monoisotopic (exact) mass is 1080 g/mol. The molecule has 14 rings (SSSR count). The molecule has 0 aliphatic carbocycles. The van der Waals surface area contributed by atoms with Gasteiger partial charge in [0, 0.05) is 60.6 Å². The highest BCUT2D eigenvalue weighted by molar-refractivity contribution is 7.25. The summed E-state index contributed by atoms with van der Waals surface area (Å²) in [4.78, 5) is 5.13. The molecule has 0 saturated heterocycles. The van der Waals surface area contributed by atoms with E-state index in [1.165, 1.54) is 104 Å². The first-order valence-corrected chi connectivity index (χ1v) is 30.1. The molecule has 4 nitrogen and oxygen atoms in total. The van der Waals surface area contributed by atoms with Crippen LogP contribution in [0.2, 0.25) is 0 Å². The average molecular weight is 1090 g/mol. The van der Waals surface area contributed by atoms with Crippen molar-refractivity contribution in [1.29, 1.82) is 0 Å². The van der Waals surface area contributed by atoms with E-state index in [1.54, 1.807) is 0 Å². The Kier molecular flexibility index (Phi) is 12.3. The Morgan fingerprint density at radius 2 is 0.963 bits per heavy atom. The van der Waals surface area contributed by atoms with E-state index in [0.29, 0.717) is 13.2 Å². The van der Waals surface area contributed by atoms with Crippen LogP contribution < -0.4 is 35.7 Å². The van der Waals surface area contributed by atoms with Crippen molar-refractivity contribution in [3.05, 3.63) is 222 Å². The number of hydrogen-bond acceptors (Lipinski definition) is 5. The van der Waals surface area contributed by atoms with Gasteiger partial charge in [-0.05, 0) is 167 Å². The first-order valence-electron chi connectivity index (χ1n) is 29.2. The molecule has 404 valence electrons. The topological polar surface area (TPSA) is 24.9 Å².